The normalized spacial score (nSPS) is 10.7. The molecule has 23 heavy (non-hydrogen) atoms. The van der Waals surface area contributed by atoms with E-state index in [1.807, 2.05) is 48.5 Å². The molecule has 0 amide bonds. The lowest BCUT2D eigenvalue weighted by Gasteiger charge is -2.13. The van der Waals surface area contributed by atoms with Crippen LogP contribution in [0.1, 0.15) is 11.1 Å². The van der Waals surface area contributed by atoms with Crippen molar-refractivity contribution in [2.45, 2.75) is 13.1 Å². The van der Waals surface area contributed by atoms with Crippen molar-refractivity contribution >= 4 is 41.5 Å². The second-order valence-electron chi connectivity index (χ2n) is 4.72. The Morgan fingerprint density at radius 3 is 2.35 bits per heavy atom. The molecule has 2 N–H and O–H groups in total. The van der Waals surface area contributed by atoms with Crippen LogP contribution in [-0.4, -0.2) is 20.1 Å². The summed E-state index contributed by atoms with van der Waals surface area (Å²) in [6.45, 7) is 1.33. The Balaban J connectivity index is 0.00000264. The monoisotopic (exact) mass is 445 g/mol. The lowest BCUT2D eigenvalue weighted by atomic mass is 10.2. The van der Waals surface area contributed by atoms with Crippen molar-refractivity contribution in [1.82, 2.24) is 10.6 Å². The van der Waals surface area contributed by atoms with E-state index in [4.69, 9.17) is 16.3 Å². The van der Waals surface area contributed by atoms with Gasteiger partial charge in [-0.2, -0.15) is 0 Å². The molecular weight excluding hydrogens is 425 g/mol. The molecule has 0 atom stereocenters. The number of halogens is 2. The Labute approximate surface area is 159 Å². The van der Waals surface area contributed by atoms with Gasteiger partial charge < -0.3 is 15.4 Å². The zero-order valence-corrected chi connectivity index (χ0v) is 16.3. The number of ether oxygens (including phenoxy) is 1. The van der Waals surface area contributed by atoms with Crippen LogP contribution in [0.15, 0.2) is 53.5 Å². The summed E-state index contributed by atoms with van der Waals surface area (Å²) in [4.78, 5) is 4.22. The van der Waals surface area contributed by atoms with Gasteiger partial charge in [0.1, 0.15) is 5.75 Å². The molecule has 2 aromatic carbocycles. The predicted octanol–water partition coefficient (Wildman–Crippen LogP) is 3.83. The molecule has 0 radical (unpaired) electrons. The number of methoxy groups -OCH3 is 1. The van der Waals surface area contributed by atoms with Crippen LogP contribution < -0.4 is 15.4 Å². The van der Waals surface area contributed by atoms with Gasteiger partial charge in [-0.1, -0.05) is 41.9 Å². The fraction of sp³-hybridized carbons (Fsp3) is 0.235. The van der Waals surface area contributed by atoms with Gasteiger partial charge in [-0.3, -0.25) is 4.99 Å². The molecule has 0 aliphatic rings. The fourth-order valence-electron chi connectivity index (χ4n) is 2.04. The van der Waals surface area contributed by atoms with Crippen LogP contribution in [0.2, 0.25) is 5.02 Å². The smallest absolute Gasteiger partial charge is 0.191 e. The second-order valence-corrected chi connectivity index (χ2v) is 5.15. The molecule has 0 unspecified atom stereocenters. The van der Waals surface area contributed by atoms with Crippen LogP contribution in [0.25, 0.3) is 0 Å². The van der Waals surface area contributed by atoms with E-state index in [0.717, 1.165) is 27.9 Å². The first-order valence-corrected chi connectivity index (χ1v) is 7.41. The van der Waals surface area contributed by atoms with E-state index in [-0.39, 0.29) is 24.0 Å². The Kier molecular flexibility index (Phi) is 8.79. The average Bonchev–Trinajstić information content (AvgIpc) is 2.57. The van der Waals surface area contributed by atoms with E-state index in [9.17, 15) is 0 Å². The average molecular weight is 446 g/mol. The molecule has 0 heterocycles. The van der Waals surface area contributed by atoms with Gasteiger partial charge in [0.05, 0.1) is 7.11 Å². The summed E-state index contributed by atoms with van der Waals surface area (Å²) in [5.41, 5.74) is 2.23. The summed E-state index contributed by atoms with van der Waals surface area (Å²) < 4.78 is 5.34. The molecule has 2 rings (SSSR count). The number of aliphatic imine (C=N–C) groups is 1. The highest BCUT2D eigenvalue weighted by molar-refractivity contribution is 14.0. The highest BCUT2D eigenvalue weighted by atomic mass is 127. The van der Waals surface area contributed by atoms with Crippen LogP contribution in [0.3, 0.4) is 0 Å². The van der Waals surface area contributed by atoms with Crippen LogP contribution in [0.5, 0.6) is 5.75 Å². The minimum absolute atomic E-state index is 0. The van der Waals surface area contributed by atoms with E-state index >= 15 is 0 Å². The largest absolute Gasteiger partial charge is 0.496 e. The van der Waals surface area contributed by atoms with Crippen LogP contribution in [0, 0.1) is 0 Å². The first kappa shape index (κ1) is 19.6. The maximum atomic E-state index is 5.88. The predicted molar refractivity (Wildman–Crippen MR) is 107 cm³/mol. The minimum Gasteiger partial charge on any atom is -0.496 e. The molecular formula is C17H21ClIN3O. The van der Waals surface area contributed by atoms with E-state index in [2.05, 4.69) is 15.6 Å². The van der Waals surface area contributed by atoms with Crippen molar-refractivity contribution in [2.75, 3.05) is 14.2 Å². The first-order valence-electron chi connectivity index (χ1n) is 7.04. The van der Waals surface area contributed by atoms with E-state index in [1.54, 1.807) is 14.2 Å². The molecule has 2 aromatic rings. The highest BCUT2D eigenvalue weighted by Crippen LogP contribution is 2.16. The summed E-state index contributed by atoms with van der Waals surface area (Å²) in [5, 5.41) is 7.28. The van der Waals surface area contributed by atoms with Gasteiger partial charge in [0.15, 0.2) is 5.96 Å². The number of nitrogens with zero attached hydrogens (tertiary/aromatic N) is 1. The van der Waals surface area contributed by atoms with E-state index < -0.39 is 0 Å². The Hall–Kier alpha value is -1.47. The van der Waals surface area contributed by atoms with Gasteiger partial charge in [0, 0.05) is 30.7 Å². The lowest BCUT2D eigenvalue weighted by Crippen LogP contribution is -2.36. The minimum atomic E-state index is 0. The summed E-state index contributed by atoms with van der Waals surface area (Å²) in [7, 11) is 3.42. The van der Waals surface area contributed by atoms with Gasteiger partial charge in [-0.05, 0) is 23.8 Å². The Morgan fingerprint density at radius 2 is 1.70 bits per heavy atom. The molecule has 4 nitrogen and oxygen atoms in total. The van der Waals surface area contributed by atoms with Crippen molar-refractivity contribution in [3.8, 4) is 5.75 Å². The number of hydrogen-bond donors (Lipinski definition) is 2. The van der Waals surface area contributed by atoms with Crippen LogP contribution in [-0.2, 0) is 13.1 Å². The zero-order valence-electron chi connectivity index (χ0n) is 13.2. The maximum Gasteiger partial charge on any atom is 0.191 e. The number of nitrogens with one attached hydrogen (secondary N) is 2. The number of rotatable bonds is 5. The molecule has 0 bridgehead atoms. The summed E-state index contributed by atoms with van der Waals surface area (Å²) in [6.07, 6.45) is 0. The fourth-order valence-corrected chi connectivity index (χ4v) is 2.16. The maximum absolute atomic E-state index is 5.88. The Morgan fingerprint density at radius 1 is 1.04 bits per heavy atom. The third-order valence-electron chi connectivity index (χ3n) is 3.24. The highest BCUT2D eigenvalue weighted by Gasteiger charge is 2.03. The number of benzene rings is 2. The molecule has 0 aliphatic carbocycles. The number of hydrogen-bond acceptors (Lipinski definition) is 2. The van der Waals surface area contributed by atoms with Crippen LogP contribution >= 0.6 is 35.6 Å². The summed E-state index contributed by atoms with van der Waals surface area (Å²) >= 11 is 5.88. The van der Waals surface area contributed by atoms with E-state index in [1.165, 1.54) is 0 Å². The Bertz CT molecular complexity index is 632. The van der Waals surface area contributed by atoms with Crippen molar-refractivity contribution < 1.29 is 4.74 Å². The summed E-state index contributed by atoms with van der Waals surface area (Å²) in [5.74, 6) is 1.60. The third kappa shape index (κ3) is 6.27. The second kappa shape index (κ2) is 10.3. The lowest BCUT2D eigenvalue weighted by molar-refractivity contribution is 0.409. The van der Waals surface area contributed by atoms with Crippen molar-refractivity contribution in [3.63, 3.8) is 0 Å². The molecule has 0 spiro atoms. The van der Waals surface area contributed by atoms with Gasteiger partial charge in [-0.25, -0.2) is 0 Å². The standard InChI is InChI=1S/C17H20ClN3O.HI/c1-19-17(20-11-13-7-9-15(18)10-8-13)21-12-14-5-3-4-6-16(14)22-2;/h3-10H,11-12H2,1-2H3,(H2,19,20,21);1H. The van der Waals surface area contributed by atoms with Gasteiger partial charge in [0.25, 0.3) is 0 Å². The SMILES string of the molecule is CN=C(NCc1ccc(Cl)cc1)NCc1ccccc1OC.I. The molecule has 6 heteroatoms. The first-order chi connectivity index (χ1) is 10.7. The van der Waals surface area contributed by atoms with Crippen LogP contribution in [0.4, 0.5) is 0 Å². The van der Waals surface area contributed by atoms with Crippen molar-refractivity contribution in [1.29, 1.82) is 0 Å². The molecule has 0 aliphatic heterocycles. The quantitative estimate of drug-likeness (QED) is 0.418. The van der Waals surface area contributed by atoms with Gasteiger partial charge in [-0.15, -0.1) is 24.0 Å². The molecule has 0 saturated heterocycles. The topological polar surface area (TPSA) is 45.7 Å². The number of guanidine groups is 1. The summed E-state index contributed by atoms with van der Waals surface area (Å²) in [6, 6.07) is 15.7. The van der Waals surface area contributed by atoms with Crippen molar-refractivity contribution in [3.05, 3.63) is 64.7 Å². The van der Waals surface area contributed by atoms with Crippen molar-refractivity contribution in [2.24, 2.45) is 4.99 Å². The molecule has 0 aromatic heterocycles. The zero-order chi connectivity index (χ0) is 15.8. The third-order valence-corrected chi connectivity index (χ3v) is 3.49. The number of para-hydroxylation sites is 1. The van der Waals surface area contributed by atoms with Gasteiger partial charge >= 0.3 is 0 Å². The molecule has 0 saturated carbocycles. The van der Waals surface area contributed by atoms with Gasteiger partial charge in [0.2, 0.25) is 0 Å². The molecule has 0 fully saturated rings. The van der Waals surface area contributed by atoms with E-state index in [0.29, 0.717) is 13.1 Å². The molecule has 124 valence electrons.